The molecule has 0 aromatic heterocycles. The fourth-order valence-electron chi connectivity index (χ4n) is 2.81. The minimum atomic E-state index is -3.63. The number of sulfonamides is 1. The topological polar surface area (TPSA) is 77.9 Å². The first kappa shape index (κ1) is 20.2. The van der Waals surface area contributed by atoms with Crippen LogP contribution in [0.15, 0.2) is 41.3 Å². The Bertz CT molecular complexity index is 949. The number of benzene rings is 2. The average molecular weight is 450 g/mol. The summed E-state index contributed by atoms with van der Waals surface area (Å²) < 4.78 is 26.6. The monoisotopic (exact) mass is 448 g/mol. The van der Waals surface area contributed by atoms with E-state index in [0.29, 0.717) is 0 Å². The number of carbonyl (C=O) groups excluding carboxylic acids is 1. The number of carbonyl (C=O) groups is 1. The quantitative estimate of drug-likeness (QED) is 0.728. The zero-order valence-corrected chi connectivity index (χ0v) is 17.0. The molecule has 1 aliphatic rings. The average Bonchev–Trinajstić information content (AvgIpc) is 2.67. The zero-order chi connectivity index (χ0) is 19.8. The van der Waals surface area contributed by atoms with Crippen LogP contribution in [0.4, 0.5) is 0 Å². The van der Waals surface area contributed by atoms with Crippen molar-refractivity contribution in [1.82, 2.24) is 9.21 Å². The van der Waals surface area contributed by atoms with Gasteiger partial charge in [0.05, 0.1) is 20.0 Å². The van der Waals surface area contributed by atoms with Crippen LogP contribution < -0.4 is 0 Å². The molecule has 1 heterocycles. The predicted molar refractivity (Wildman–Crippen MR) is 104 cm³/mol. The summed E-state index contributed by atoms with van der Waals surface area (Å²) in [5.74, 6) is -1.01. The molecule has 2 aromatic rings. The fraction of sp³-hybridized carbons (Fsp3) is 0.235. The van der Waals surface area contributed by atoms with Crippen molar-refractivity contribution >= 4 is 50.7 Å². The van der Waals surface area contributed by atoms with Crippen LogP contribution in [0.2, 0.25) is 15.1 Å². The molecular formula is C17H15Cl3N2O4S. The molecule has 0 spiro atoms. The highest BCUT2D eigenvalue weighted by Crippen LogP contribution is 2.39. The maximum Gasteiger partial charge on any atom is 0.259 e. The van der Waals surface area contributed by atoms with Gasteiger partial charge in [-0.2, -0.15) is 4.31 Å². The van der Waals surface area contributed by atoms with Crippen LogP contribution in [-0.4, -0.2) is 54.8 Å². The van der Waals surface area contributed by atoms with E-state index >= 15 is 0 Å². The number of phenolic OH excluding ortho intramolecular Hbond substituents is 1. The van der Waals surface area contributed by atoms with Gasteiger partial charge in [0.2, 0.25) is 10.0 Å². The van der Waals surface area contributed by atoms with Gasteiger partial charge < -0.3 is 10.0 Å². The van der Waals surface area contributed by atoms with Crippen LogP contribution >= 0.6 is 34.8 Å². The second-order valence-electron chi connectivity index (χ2n) is 5.89. The number of halogens is 3. The molecule has 0 unspecified atom stereocenters. The van der Waals surface area contributed by atoms with Gasteiger partial charge in [0.15, 0.2) is 0 Å². The second kappa shape index (κ2) is 7.85. The maximum atomic E-state index is 12.8. The van der Waals surface area contributed by atoms with Gasteiger partial charge in [0.25, 0.3) is 5.91 Å². The van der Waals surface area contributed by atoms with Crippen LogP contribution in [0.5, 0.6) is 5.75 Å². The lowest BCUT2D eigenvalue weighted by Gasteiger charge is -2.34. The van der Waals surface area contributed by atoms with E-state index in [4.69, 9.17) is 34.8 Å². The minimum absolute atomic E-state index is 0.0492. The minimum Gasteiger partial charge on any atom is -0.505 e. The molecule has 1 amide bonds. The molecule has 0 atom stereocenters. The Morgan fingerprint density at radius 3 is 2.15 bits per heavy atom. The Labute approximate surface area is 171 Å². The highest BCUT2D eigenvalue weighted by Gasteiger charge is 2.32. The Hall–Kier alpha value is -1.51. The van der Waals surface area contributed by atoms with E-state index in [1.807, 2.05) is 0 Å². The summed E-state index contributed by atoms with van der Waals surface area (Å²) in [6, 6.07) is 9.35. The molecular weight excluding hydrogens is 435 g/mol. The first-order chi connectivity index (χ1) is 12.7. The first-order valence-electron chi connectivity index (χ1n) is 7.94. The fourth-order valence-corrected chi connectivity index (χ4v) is 4.94. The second-order valence-corrected chi connectivity index (χ2v) is 9.02. The molecule has 6 nitrogen and oxygen atoms in total. The summed E-state index contributed by atoms with van der Waals surface area (Å²) in [4.78, 5) is 14.4. The van der Waals surface area contributed by atoms with Crippen LogP contribution in [0, 0.1) is 0 Å². The van der Waals surface area contributed by atoms with Gasteiger partial charge in [-0.05, 0) is 18.2 Å². The Morgan fingerprint density at radius 2 is 1.56 bits per heavy atom. The van der Waals surface area contributed by atoms with E-state index in [2.05, 4.69) is 0 Å². The molecule has 3 rings (SSSR count). The van der Waals surface area contributed by atoms with E-state index in [1.165, 1.54) is 27.4 Å². The van der Waals surface area contributed by atoms with Crippen molar-refractivity contribution in [3.63, 3.8) is 0 Å². The third kappa shape index (κ3) is 3.88. The summed E-state index contributed by atoms with van der Waals surface area (Å²) in [6.45, 7) is 0.529. The van der Waals surface area contributed by atoms with E-state index in [-0.39, 0.29) is 51.7 Å². The summed E-state index contributed by atoms with van der Waals surface area (Å²) in [6.07, 6.45) is 0. The number of nitrogens with zero attached hydrogens (tertiary/aromatic N) is 2. The Kier molecular flexibility index (Phi) is 5.88. The number of piperazine rings is 1. The molecule has 10 heteroatoms. The van der Waals surface area contributed by atoms with Crippen molar-refractivity contribution < 1.29 is 18.3 Å². The van der Waals surface area contributed by atoms with Crippen molar-refractivity contribution in [2.75, 3.05) is 26.2 Å². The van der Waals surface area contributed by atoms with Crippen LogP contribution in [0.25, 0.3) is 0 Å². The molecule has 0 radical (unpaired) electrons. The number of rotatable bonds is 3. The van der Waals surface area contributed by atoms with Crippen LogP contribution in [-0.2, 0) is 10.0 Å². The largest absolute Gasteiger partial charge is 0.505 e. The molecule has 144 valence electrons. The van der Waals surface area contributed by atoms with Crippen LogP contribution in [0.3, 0.4) is 0 Å². The van der Waals surface area contributed by atoms with Gasteiger partial charge in [-0.3, -0.25) is 4.79 Å². The van der Waals surface area contributed by atoms with Gasteiger partial charge >= 0.3 is 0 Å². The zero-order valence-electron chi connectivity index (χ0n) is 13.9. The Balaban J connectivity index is 1.78. The molecule has 1 fully saturated rings. The van der Waals surface area contributed by atoms with Crippen molar-refractivity contribution in [2.24, 2.45) is 0 Å². The standard InChI is InChI=1S/C17H15Cl3N2O4S/c18-12-10-13(19)16(23)14(15(12)20)17(24)21-6-8-22(9-7-21)27(25,26)11-4-2-1-3-5-11/h1-5,10,23H,6-9H2. The van der Waals surface area contributed by atoms with E-state index in [0.717, 1.165) is 0 Å². The number of aromatic hydroxyl groups is 1. The Morgan fingerprint density at radius 1 is 0.963 bits per heavy atom. The van der Waals surface area contributed by atoms with Crippen molar-refractivity contribution in [2.45, 2.75) is 4.90 Å². The molecule has 0 saturated carbocycles. The molecule has 1 aliphatic heterocycles. The molecule has 0 bridgehead atoms. The van der Waals surface area contributed by atoms with Crippen LogP contribution in [0.1, 0.15) is 10.4 Å². The SMILES string of the molecule is O=C(c1c(O)c(Cl)cc(Cl)c1Cl)N1CCN(S(=O)(=O)c2ccccc2)CC1. The van der Waals surface area contributed by atoms with Crippen molar-refractivity contribution in [3.05, 3.63) is 57.0 Å². The van der Waals surface area contributed by atoms with Gasteiger partial charge in [-0.15, -0.1) is 0 Å². The van der Waals surface area contributed by atoms with Crippen molar-refractivity contribution in [3.8, 4) is 5.75 Å². The van der Waals surface area contributed by atoms with Gasteiger partial charge in [0.1, 0.15) is 11.3 Å². The van der Waals surface area contributed by atoms with Crippen molar-refractivity contribution in [1.29, 1.82) is 0 Å². The summed E-state index contributed by atoms with van der Waals surface area (Å²) >= 11 is 17.9. The van der Waals surface area contributed by atoms with E-state index in [9.17, 15) is 18.3 Å². The lowest BCUT2D eigenvalue weighted by molar-refractivity contribution is 0.0695. The first-order valence-corrected chi connectivity index (χ1v) is 10.5. The highest BCUT2D eigenvalue weighted by molar-refractivity contribution is 7.89. The number of hydrogen-bond donors (Lipinski definition) is 1. The number of phenols is 1. The normalized spacial score (nSPS) is 15.7. The lowest BCUT2D eigenvalue weighted by Crippen LogP contribution is -2.50. The van der Waals surface area contributed by atoms with E-state index < -0.39 is 21.7 Å². The maximum absolute atomic E-state index is 12.8. The third-order valence-corrected chi connectivity index (χ3v) is 7.25. The van der Waals surface area contributed by atoms with Gasteiger partial charge in [0, 0.05) is 26.2 Å². The van der Waals surface area contributed by atoms with Gasteiger partial charge in [-0.1, -0.05) is 53.0 Å². The highest BCUT2D eigenvalue weighted by atomic mass is 35.5. The molecule has 0 aliphatic carbocycles. The third-order valence-electron chi connectivity index (χ3n) is 4.27. The van der Waals surface area contributed by atoms with Gasteiger partial charge in [-0.25, -0.2) is 8.42 Å². The summed E-state index contributed by atoms with van der Waals surface area (Å²) in [5, 5.41) is 9.97. The molecule has 2 aromatic carbocycles. The number of hydrogen-bond acceptors (Lipinski definition) is 4. The smallest absolute Gasteiger partial charge is 0.259 e. The molecule has 1 N–H and O–H groups in total. The predicted octanol–water partition coefficient (Wildman–Crippen LogP) is 3.50. The lowest BCUT2D eigenvalue weighted by atomic mass is 10.1. The molecule has 27 heavy (non-hydrogen) atoms. The summed E-state index contributed by atoms with van der Waals surface area (Å²) in [5.41, 5.74) is -0.187. The van der Waals surface area contributed by atoms with E-state index in [1.54, 1.807) is 18.2 Å². The number of amides is 1. The summed E-state index contributed by atoms with van der Waals surface area (Å²) in [7, 11) is -3.63. The molecule has 1 saturated heterocycles.